The van der Waals surface area contributed by atoms with Gasteiger partial charge < -0.3 is 15.1 Å². The Labute approximate surface area is 176 Å². The van der Waals surface area contributed by atoms with Gasteiger partial charge in [-0.15, -0.1) is 0 Å². The van der Waals surface area contributed by atoms with E-state index < -0.39 is 35.2 Å². The van der Waals surface area contributed by atoms with Crippen molar-refractivity contribution < 1.29 is 22.8 Å². The highest BCUT2D eigenvalue weighted by molar-refractivity contribution is 5.96. The maximum absolute atomic E-state index is 13.3. The molecule has 1 aliphatic heterocycles. The summed E-state index contributed by atoms with van der Waals surface area (Å²) in [6.07, 6.45) is -4.68. The van der Waals surface area contributed by atoms with E-state index in [9.17, 15) is 22.8 Å². The van der Waals surface area contributed by atoms with E-state index in [-0.39, 0.29) is 31.0 Å². The number of nitriles is 1. The fraction of sp³-hybridized carbons (Fsp3) is 0.400. The van der Waals surface area contributed by atoms with Crippen molar-refractivity contribution in [3.63, 3.8) is 0 Å². The molecule has 1 saturated heterocycles. The molecule has 8 nitrogen and oxygen atoms in total. The molecule has 2 aromatic rings. The molecular weight excluding hydrogens is 413 g/mol. The summed E-state index contributed by atoms with van der Waals surface area (Å²) in [7, 11) is 3.13. The molecule has 1 aromatic heterocycles. The van der Waals surface area contributed by atoms with E-state index in [4.69, 9.17) is 5.26 Å². The number of likely N-dealkylation sites (N-methyl/N-ethyl adjacent to an activating group) is 1. The second-order valence-corrected chi connectivity index (χ2v) is 7.21. The van der Waals surface area contributed by atoms with Gasteiger partial charge in [0.25, 0.3) is 5.91 Å². The first-order chi connectivity index (χ1) is 14.6. The zero-order valence-corrected chi connectivity index (χ0v) is 17.2. The van der Waals surface area contributed by atoms with Crippen LogP contribution in [-0.4, -0.2) is 59.2 Å². The first kappa shape index (κ1) is 22.1. The van der Waals surface area contributed by atoms with Gasteiger partial charge in [0.2, 0.25) is 5.91 Å². The van der Waals surface area contributed by atoms with Crippen LogP contribution in [0.15, 0.2) is 24.3 Å². The van der Waals surface area contributed by atoms with Gasteiger partial charge in [0.15, 0.2) is 5.69 Å². The predicted molar refractivity (Wildman–Crippen MR) is 105 cm³/mol. The molecule has 3 rings (SSSR count). The van der Waals surface area contributed by atoms with Crippen molar-refractivity contribution in [3.8, 4) is 6.07 Å². The molecule has 0 aliphatic carbocycles. The van der Waals surface area contributed by atoms with Gasteiger partial charge in [-0.1, -0.05) is 0 Å². The Balaban J connectivity index is 1.90. The number of piperazine rings is 1. The van der Waals surface area contributed by atoms with Crippen molar-refractivity contribution >= 4 is 17.5 Å². The average molecular weight is 434 g/mol. The Bertz CT molecular complexity index is 1040. The van der Waals surface area contributed by atoms with Gasteiger partial charge in [-0.05, 0) is 31.2 Å². The maximum atomic E-state index is 13.3. The number of nitrogens with one attached hydrogen (secondary N) is 1. The zero-order chi connectivity index (χ0) is 22.9. The van der Waals surface area contributed by atoms with Crippen LogP contribution >= 0.6 is 0 Å². The van der Waals surface area contributed by atoms with Crippen LogP contribution in [0.4, 0.5) is 18.9 Å². The number of rotatable bonds is 3. The van der Waals surface area contributed by atoms with Crippen LogP contribution in [0.5, 0.6) is 0 Å². The molecular formula is C20H21F3N6O2. The summed E-state index contributed by atoms with van der Waals surface area (Å²) in [6.45, 7) is 2.13. The topological polar surface area (TPSA) is 94.3 Å². The largest absolute Gasteiger partial charge is 0.417 e. The quantitative estimate of drug-likeness (QED) is 0.794. The molecule has 0 spiro atoms. The molecule has 1 aliphatic rings. The summed E-state index contributed by atoms with van der Waals surface area (Å²) in [5.41, 5.74) is -0.318. The molecule has 1 aromatic carbocycles. The molecule has 0 saturated carbocycles. The van der Waals surface area contributed by atoms with E-state index in [0.29, 0.717) is 0 Å². The van der Waals surface area contributed by atoms with Gasteiger partial charge in [0.1, 0.15) is 6.04 Å². The van der Waals surface area contributed by atoms with Crippen LogP contribution in [0, 0.1) is 18.3 Å². The summed E-state index contributed by atoms with van der Waals surface area (Å²) in [4.78, 5) is 28.5. The van der Waals surface area contributed by atoms with E-state index in [1.165, 1.54) is 18.0 Å². The molecule has 0 bridgehead atoms. The Kier molecular flexibility index (Phi) is 5.92. The standard InChI is InChI=1S/C20H21F3N6O2/c1-12-8-16(26-27(12)3)19(31)29-7-6-28(11-17(29)18(30)25-2)14-5-4-13(10-24)15(9-14)20(21,22)23/h4-5,8-9,17H,6-7,11H2,1-3H3,(H,25,30). The van der Waals surface area contributed by atoms with Crippen LogP contribution in [0.25, 0.3) is 0 Å². The second kappa shape index (κ2) is 8.29. The molecule has 31 heavy (non-hydrogen) atoms. The number of carbonyl (C=O) groups is 2. The average Bonchev–Trinajstić information content (AvgIpc) is 3.09. The predicted octanol–water partition coefficient (Wildman–Crippen LogP) is 1.70. The van der Waals surface area contributed by atoms with Gasteiger partial charge in [-0.2, -0.15) is 23.5 Å². The van der Waals surface area contributed by atoms with Crippen LogP contribution in [0.3, 0.4) is 0 Å². The summed E-state index contributed by atoms with van der Waals surface area (Å²) in [5.74, 6) is -0.858. The molecule has 11 heteroatoms. The van der Waals surface area contributed by atoms with Crippen LogP contribution < -0.4 is 10.2 Å². The highest BCUT2D eigenvalue weighted by Crippen LogP contribution is 2.35. The van der Waals surface area contributed by atoms with Crippen molar-refractivity contribution in [1.82, 2.24) is 20.0 Å². The molecule has 164 valence electrons. The number of hydrogen-bond acceptors (Lipinski definition) is 5. The summed E-state index contributed by atoms with van der Waals surface area (Å²) < 4.78 is 41.6. The van der Waals surface area contributed by atoms with Gasteiger partial charge in [-0.25, -0.2) is 0 Å². The Morgan fingerprint density at radius 2 is 1.97 bits per heavy atom. The number of anilines is 1. The van der Waals surface area contributed by atoms with Crippen LogP contribution in [0.1, 0.15) is 27.3 Å². The second-order valence-electron chi connectivity index (χ2n) is 7.21. The first-order valence-electron chi connectivity index (χ1n) is 9.46. The lowest BCUT2D eigenvalue weighted by molar-refractivity contribution is -0.137. The first-order valence-corrected chi connectivity index (χ1v) is 9.46. The normalized spacial score (nSPS) is 16.7. The smallest absolute Gasteiger partial charge is 0.367 e. The highest BCUT2D eigenvalue weighted by Gasteiger charge is 2.38. The SMILES string of the molecule is CNC(=O)C1CN(c2ccc(C#N)c(C(F)(F)F)c2)CCN1C(=O)c1cc(C)n(C)n1. The molecule has 1 fully saturated rings. The minimum absolute atomic E-state index is 0.000423. The molecule has 2 heterocycles. The minimum Gasteiger partial charge on any atom is -0.367 e. The number of aromatic nitrogens is 2. The van der Waals surface area contributed by atoms with Crippen LogP contribution in [-0.2, 0) is 18.0 Å². The van der Waals surface area contributed by atoms with E-state index in [2.05, 4.69) is 10.4 Å². The number of amides is 2. The van der Waals surface area contributed by atoms with E-state index >= 15 is 0 Å². The third-order valence-corrected chi connectivity index (χ3v) is 5.32. The zero-order valence-electron chi connectivity index (χ0n) is 17.2. The van der Waals surface area contributed by atoms with E-state index in [1.807, 2.05) is 0 Å². The van der Waals surface area contributed by atoms with Crippen molar-refractivity contribution in [2.24, 2.45) is 7.05 Å². The van der Waals surface area contributed by atoms with Gasteiger partial charge in [0, 0.05) is 45.1 Å². The van der Waals surface area contributed by atoms with Crippen molar-refractivity contribution in [3.05, 3.63) is 46.8 Å². The summed E-state index contributed by atoms with van der Waals surface area (Å²) in [5, 5.41) is 15.7. The lowest BCUT2D eigenvalue weighted by Gasteiger charge is -2.41. The number of aryl methyl sites for hydroxylation is 2. The van der Waals surface area contributed by atoms with E-state index in [0.717, 1.165) is 17.8 Å². The number of hydrogen-bond donors (Lipinski definition) is 1. The highest BCUT2D eigenvalue weighted by atomic mass is 19.4. The van der Waals surface area contributed by atoms with Gasteiger partial charge in [-0.3, -0.25) is 14.3 Å². The van der Waals surface area contributed by atoms with Gasteiger partial charge in [0.05, 0.1) is 17.2 Å². The molecule has 0 radical (unpaired) electrons. The number of halogens is 3. The molecule has 1 unspecified atom stereocenters. The third kappa shape index (κ3) is 4.33. The number of nitrogens with zero attached hydrogens (tertiary/aromatic N) is 5. The lowest BCUT2D eigenvalue weighted by atomic mass is 10.0. The van der Waals surface area contributed by atoms with Crippen molar-refractivity contribution in [2.75, 3.05) is 31.6 Å². The van der Waals surface area contributed by atoms with Crippen molar-refractivity contribution in [2.45, 2.75) is 19.1 Å². The van der Waals surface area contributed by atoms with E-state index in [1.54, 1.807) is 35.7 Å². The number of benzene rings is 1. The minimum atomic E-state index is -4.68. The summed E-state index contributed by atoms with van der Waals surface area (Å²) in [6, 6.07) is 5.67. The molecule has 2 amide bonds. The third-order valence-electron chi connectivity index (χ3n) is 5.32. The Hall–Kier alpha value is -3.55. The molecule has 1 N–H and O–H groups in total. The van der Waals surface area contributed by atoms with Crippen molar-refractivity contribution in [1.29, 1.82) is 5.26 Å². The number of alkyl halides is 3. The Morgan fingerprint density at radius 3 is 2.52 bits per heavy atom. The fourth-order valence-corrected chi connectivity index (χ4v) is 3.52. The Morgan fingerprint density at radius 1 is 1.26 bits per heavy atom. The fourth-order valence-electron chi connectivity index (χ4n) is 3.52. The molecule has 1 atom stereocenters. The lowest BCUT2D eigenvalue weighted by Crippen LogP contribution is -2.60. The summed E-state index contributed by atoms with van der Waals surface area (Å²) >= 11 is 0. The number of carbonyl (C=O) groups excluding carboxylic acids is 2. The van der Waals surface area contributed by atoms with Crippen LogP contribution in [0.2, 0.25) is 0 Å². The monoisotopic (exact) mass is 434 g/mol. The van der Waals surface area contributed by atoms with Gasteiger partial charge >= 0.3 is 6.18 Å². The maximum Gasteiger partial charge on any atom is 0.417 e.